The minimum atomic E-state index is 0.447. The molecule has 5 heteroatoms. The summed E-state index contributed by atoms with van der Waals surface area (Å²) < 4.78 is 0. The zero-order valence-electron chi connectivity index (χ0n) is 7.71. The van der Waals surface area contributed by atoms with Crippen LogP contribution in [-0.2, 0) is 6.54 Å². The number of thiazole rings is 1. The highest BCUT2D eigenvalue weighted by atomic mass is 35.5. The fourth-order valence-corrected chi connectivity index (χ4v) is 2.28. The number of hydrogen-bond donors (Lipinski definition) is 1. The van der Waals surface area contributed by atoms with Gasteiger partial charge in [-0.1, -0.05) is 23.2 Å². The van der Waals surface area contributed by atoms with Crippen molar-refractivity contribution in [3.8, 4) is 11.3 Å². The quantitative estimate of drug-likeness (QED) is 0.895. The number of rotatable bonds is 2. The lowest BCUT2D eigenvalue weighted by Gasteiger charge is -2.00. The molecular formula is C10H8Cl2N2S. The van der Waals surface area contributed by atoms with E-state index in [1.807, 2.05) is 5.38 Å². The molecule has 0 aliphatic rings. The predicted octanol–water partition coefficient (Wildman–Crippen LogP) is 3.58. The summed E-state index contributed by atoms with van der Waals surface area (Å²) in [5.41, 5.74) is 7.17. The lowest BCUT2D eigenvalue weighted by Crippen LogP contribution is -1.94. The van der Waals surface area contributed by atoms with E-state index in [1.54, 1.807) is 18.2 Å². The van der Waals surface area contributed by atoms with Gasteiger partial charge in [0.2, 0.25) is 0 Å². The molecule has 0 radical (unpaired) electrons. The number of hydrogen-bond acceptors (Lipinski definition) is 3. The van der Waals surface area contributed by atoms with E-state index >= 15 is 0 Å². The van der Waals surface area contributed by atoms with Crippen LogP contribution in [0, 0.1) is 0 Å². The van der Waals surface area contributed by atoms with Crippen LogP contribution in [0.25, 0.3) is 11.3 Å². The number of nitrogens with two attached hydrogens (primary N) is 1. The van der Waals surface area contributed by atoms with Crippen LogP contribution in [0.1, 0.15) is 5.01 Å². The normalized spacial score (nSPS) is 10.6. The van der Waals surface area contributed by atoms with Crippen LogP contribution in [0.15, 0.2) is 23.6 Å². The maximum absolute atomic E-state index is 6.06. The van der Waals surface area contributed by atoms with Gasteiger partial charge in [-0.15, -0.1) is 11.3 Å². The Morgan fingerprint density at radius 3 is 2.80 bits per heavy atom. The van der Waals surface area contributed by atoms with Gasteiger partial charge in [0.25, 0.3) is 0 Å². The molecule has 1 aromatic carbocycles. The second-order valence-electron chi connectivity index (χ2n) is 2.95. The molecule has 0 saturated carbocycles. The van der Waals surface area contributed by atoms with E-state index in [9.17, 15) is 0 Å². The van der Waals surface area contributed by atoms with Crippen molar-refractivity contribution >= 4 is 34.5 Å². The third kappa shape index (κ3) is 2.32. The highest BCUT2D eigenvalue weighted by molar-refractivity contribution is 7.09. The van der Waals surface area contributed by atoms with E-state index < -0.39 is 0 Å². The molecule has 2 N–H and O–H groups in total. The first kappa shape index (κ1) is 10.9. The summed E-state index contributed by atoms with van der Waals surface area (Å²) in [7, 11) is 0. The molecule has 1 heterocycles. The fraction of sp³-hybridized carbons (Fsp3) is 0.100. The molecule has 2 nitrogen and oxygen atoms in total. The van der Waals surface area contributed by atoms with Gasteiger partial charge in [-0.05, 0) is 18.2 Å². The third-order valence-electron chi connectivity index (χ3n) is 1.93. The minimum absolute atomic E-state index is 0.447. The van der Waals surface area contributed by atoms with Crippen LogP contribution in [0.5, 0.6) is 0 Å². The van der Waals surface area contributed by atoms with Crippen LogP contribution in [0.4, 0.5) is 0 Å². The first-order chi connectivity index (χ1) is 7.20. The molecule has 78 valence electrons. The van der Waals surface area contributed by atoms with Crippen LogP contribution < -0.4 is 5.73 Å². The summed E-state index contributed by atoms with van der Waals surface area (Å²) in [6.45, 7) is 0.447. The number of aromatic nitrogens is 1. The average molecular weight is 259 g/mol. The van der Waals surface area contributed by atoms with Gasteiger partial charge in [-0.25, -0.2) is 4.98 Å². The van der Waals surface area contributed by atoms with Gasteiger partial charge >= 0.3 is 0 Å². The van der Waals surface area contributed by atoms with Crippen molar-refractivity contribution in [2.45, 2.75) is 6.54 Å². The van der Waals surface area contributed by atoms with E-state index in [1.165, 1.54) is 11.3 Å². The molecule has 0 aliphatic carbocycles. The lowest BCUT2D eigenvalue weighted by atomic mass is 10.2. The van der Waals surface area contributed by atoms with Crippen LogP contribution in [0.2, 0.25) is 10.0 Å². The Hall–Kier alpha value is -0.610. The Morgan fingerprint density at radius 1 is 1.33 bits per heavy atom. The van der Waals surface area contributed by atoms with Gasteiger partial charge in [-0.2, -0.15) is 0 Å². The average Bonchev–Trinajstić information content (AvgIpc) is 2.70. The van der Waals surface area contributed by atoms with E-state index in [0.717, 1.165) is 16.3 Å². The zero-order chi connectivity index (χ0) is 10.8. The van der Waals surface area contributed by atoms with Crippen LogP contribution >= 0.6 is 34.5 Å². The first-order valence-electron chi connectivity index (χ1n) is 4.30. The molecule has 2 aromatic rings. The molecule has 0 unspecified atom stereocenters. The van der Waals surface area contributed by atoms with Gasteiger partial charge in [-0.3, -0.25) is 0 Å². The first-order valence-corrected chi connectivity index (χ1v) is 5.94. The number of halogens is 2. The SMILES string of the molecule is NCc1nc(-c2cc(Cl)ccc2Cl)cs1. The Bertz CT molecular complexity index is 482. The third-order valence-corrected chi connectivity index (χ3v) is 3.37. The van der Waals surface area contributed by atoms with Crippen molar-refractivity contribution in [3.05, 3.63) is 38.6 Å². The standard InChI is InChI=1S/C10H8Cl2N2S/c11-6-1-2-8(12)7(3-6)9-5-15-10(4-13)14-9/h1-3,5H,4,13H2. The number of nitrogens with zero attached hydrogens (tertiary/aromatic N) is 1. The van der Waals surface area contributed by atoms with Crippen molar-refractivity contribution in [3.63, 3.8) is 0 Å². The highest BCUT2D eigenvalue weighted by Crippen LogP contribution is 2.31. The van der Waals surface area contributed by atoms with Gasteiger partial charge in [0, 0.05) is 22.5 Å². The second-order valence-corrected chi connectivity index (χ2v) is 4.74. The van der Waals surface area contributed by atoms with Crippen LogP contribution in [-0.4, -0.2) is 4.98 Å². The Morgan fingerprint density at radius 2 is 2.13 bits per heavy atom. The summed E-state index contributed by atoms with van der Waals surface area (Å²) in [4.78, 5) is 4.35. The molecule has 0 bridgehead atoms. The molecule has 15 heavy (non-hydrogen) atoms. The highest BCUT2D eigenvalue weighted by Gasteiger charge is 2.08. The minimum Gasteiger partial charge on any atom is -0.325 e. The molecular weight excluding hydrogens is 251 g/mol. The molecule has 0 spiro atoms. The lowest BCUT2D eigenvalue weighted by molar-refractivity contribution is 1.04. The summed E-state index contributed by atoms with van der Waals surface area (Å²) in [5.74, 6) is 0. The van der Waals surface area contributed by atoms with E-state index in [2.05, 4.69) is 4.98 Å². The second kappa shape index (κ2) is 4.49. The van der Waals surface area contributed by atoms with Gasteiger partial charge < -0.3 is 5.73 Å². The van der Waals surface area contributed by atoms with Crippen LogP contribution in [0.3, 0.4) is 0 Å². The van der Waals surface area contributed by atoms with Crippen molar-refractivity contribution in [2.75, 3.05) is 0 Å². The summed E-state index contributed by atoms with van der Waals surface area (Å²) >= 11 is 13.5. The molecule has 1 aromatic heterocycles. The predicted molar refractivity (Wildman–Crippen MR) is 65.5 cm³/mol. The largest absolute Gasteiger partial charge is 0.325 e. The Labute approximate surface area is 102 Å². The topological polar surface area (TPSA) is 38.9 Å². The zero-order valence-corrected chi connectivity index (χ0v) is 10.0. The monoisotopic (exact) mass is 258 g/mol. The van der Waals surface area contributed by atoms with Gasteiger partial charge in [0.15, 0.2) is 0 Å². The van der Waals surface area contributed by atoms with E-state index in [4.69, 9.17) is 28.9 Å². The van der Waals surface area contributed by atoms with E-state index in [0.29, 0.717) is 16.6 Å². The Balaban J connectivity index is 2.48. The van der Waals surface area contributed by atoms with Crippen molar-refractivity contribution in [1.82, 2.24) is 4.98 Å². The molecule has 0 atom stereocenters. The summed E-state index contributed by atoms with van der Waals surface area (Å²) in [6, 6.07) is 5.32. The molecule has 2 rings (SSSR count). The summed E-state index contributed by atoms with van der Waals surface area (Å²) in [5, 5.41) is 4.12. The molecule has 0 fully saturated rings. The van der Waals surface area contributed by atoms with Crippen molar-refractivity contribution < 1.29 is 0 Å². The maximum Gasteiger partial charge on any atom is 0.107 e. The smallest absolute Gasteiger partial charge is 0.107 e. The summed E-state index contributed by atoms with van der Waals surface area (Å²) in [6.07, 6.45) is 0. The van der Waals surface area contributed by atoms with E-state index in [-0.39, 0.29) is 0 Å². The molecule has 0 aliphatic heterocycles. The van der Waals surface area contributed by atoms with Gasteiger partial charge in [0.1, 0.15) is 5.01 Å². The number of benzene rings is 1. The molecule has 0 amide bonds. The maximum atomic E-state index is 6.06. The van der Waals surface area contributed by atoms with Crippen molar-refractivity contribution in [1.29, 1.82) is 0 Å². The fourth-order valence-electron chi connectivity index (χ4n) is 1.22. The molecule has 0 saturated heterocycles. The Kier molecular flexibility index (Phi) is 3.26. The van der Waals surface area contributed by atoms with Crippen molar-refractivity contribution in [2.24, 2.45) is 5.73 Å². The van der Waals surface area contributed by atoms with Gasteiger partial charge in [0.05, 0.1) is 10.7 Å².